The van der Waals surface area contributed by atoms with Crippen LogP contribution in [-0.4, -0.2) is 37.0 Å². The topological polar surface area (TPSA) is 110 Å². The standard InChI is InChI=1S/C24H20N4O3S/c1-32(30,31)28(16-15-25)19-13-11-18(12-14-19)26-23(17-7-3-2-4-8-17)22-20-9-5-6-10-21(20)27-24(22)29/h2-14,27,29H,16H2,1H3. The molecule has 0 saturated carbocycles. The van der Waals surface area contributed by atoms with E-state index >= 15 is 0 Å². The maximum atomic E-state index is 12.0. The molecule has 0 amide bonds. The van der Waals surface area contributed by atoms with Crippen molar-refractivity contribution in [1.82, 2.24) is 4.98 Å². The van der Waals surface area contributed by atoms with Gasteiger partial charge in [-0.15, -0.1) is 0 Å². The van der Waals surface area contributed by atoms with Crippen molar-refractivity contribution in [1.29, 1.82) is 5.26 Å². The molecule has 0 spiro atoms. The number of H-pyrrole nitrogens is 1. The first-order valence-corrected chi connectivity index (χ1v) is 11.6. The number of benzene rings is 3. The third-order valence-corrected chi connectivity index (χ3v) is 6.10. The minimum absolute atomic E-state index is 0.0164. The van der Waals surface area contributed by atoms with Crippen molar-refractivity contribution in [3.63, 3.8) is 0 Å². The Balaban J connectivity index is 1.84. The number of aliphatic imine (C=N–C) groups is 1. The maximum absolute atomic E-state index is 12.0. The van der Waals surface area contributed by atoms with Gasteiger partial charge in [0.25, 0.3) is 0 Å². The molecular formula is C24H20N4O3S. The summed E-state index contributed by atoms with van der Waals surface area (Å²) in [5.74, 6) is 0.0164. The first-order valence-electron chi connectivity index (χ1n) is 9.77. The van der Waals surface area contributed by atoms with Crippen LogP contribution in [0, 0.1) is 11.3 Å². The van der Waals surface area contributed by atoms with Crippen LogP contribution in [0.5, 0.6) is 5.88 Å². The Morgan fingerprint density at radius 3 is 2.34 bits per heavy atom. The number of sulfonamides is 1. The van der Waals surface area contributed by atoms with Crippen molar-refractivity contribution in [3.8, 4) is 11.9 Å². The summed E-state index contributed by atoms with van der Waals surface area (Å²) < 4.78 is 25.0. The van der Waals surface area contributed by atoms with Crippen LogP contribution in [0.1, 0.15) is 11.1 Å². The Kier molecular flexibility index (Phi) is 5.67. The molecule has 0 radical (unpaired) electrons. The third kappa shape index (κ3) is 4.19. The van der Waals surface area contributed by atoms with Gasteiger partial charge < -0.3 is 10.1 Å². The highest BCUT2D eigenvalue weighted by molar-refractivity contribution is 7.92. The quantitative estimate of drug-likeness (QED) is 0.341. The molecule has 0 aliphatic carbocycles. The molecule has 0 bridgehead atoms. The highest BCUT2D eigenvalue weighted by atomic mass is 32.2. The molecule has 0 fully saturated rings. The van der Waals surface area contributed by atoms with Crippen LogP contribution in [0.2, 0.25) is 0 Å². The molecule has 2 N–H and O–H groups in total. The van der Waals surface area contributed by atoms with Gasteiger partial charge in [-0.25, -0.2) is 13.4 Å². The van der Waals surface area contributed by atoms with E-state index in [1.54, 1.807) is 24.3 Å². The number of rotatable bonds is 6. The van der Waals surface area contributed by atoms with E-state index in [9.17, 15) is 13.5 Å². The van der Waals surface area contributed by atoms with E-state index in [0.29, 0.717) is 22.6 Å². The molecule has 1 aromatic heterocycles. The number of aromatic amines is 1. The average Bonchev–Trinajstić information content (AvgIpc) is 3.12. The Bertz CT molecular complexity index is 1430. The van der Waals surface area contributed by atoms with E-state index in [0.717, 1.165) is 27.0 Å². The molecule has 7 nitrogen and oxygen atoms in total. The Labute approximate surface area is 185 Å². The summed E-state index contributed by atoms with van der Waals surface area (Å²) in [7, 11) is -3.59. The van der Waals surface area contributed by atoms with Crippen LogP contribution in [-0.2, 0) is 10.0 Å². The Morgan fingerprint density at radius 2 is 1.69 bits per heavy atom. The van der Waals surface area contributed by atoms with Crippen molar-refractivity contribution in [2.75, 3.05) is 17.1 Å². The SMILES string of the molecule is CS(=O)(=O)N(CC#N)c1ccc(N=C(c2ccccc2)c2c(O)[nH]c3ccccc23)cc1. The van der Waals surface area contributed by atoms with E-state index in [-0.39, 0.29) is 12.4 Å². The molecule has 32 heavy (non-hydrogen) atoms. The molecule has 1 heterocycles. The van der Waals surface area contributed by atoms with Gasteiger partial charge in [0.1, 0.15) is 6.54 Å². The summed E-state index contributed by atoms with van der Waals surface area (Å²) in [5, 5.41) is 20.5. The van der Waals surface area contributed by atoms with Crippen molar-refractivity contribution in [2.24, 2.45) is 4.99 Å². The molecule has 0 aliphatic heterocycles. The van der Waals surface area contributed by atoms with Crippen molar-refractivity contribution < 1.29 is 13.5 Å². The van der Waals surface area contributed by atoms with E-state index in [2.05, 4.69) is 4.98 Å². The number of anilines is 1. The van der Waals surface area contributed by atoms with Gasteiger partial charge in [0, 0.05) is 16.5 Å². The molecule has 0 aliphatic rings. The van der Waals surface area contributed by atoms with Gasteiger partial charge in [0.2, 0.25) is 10.0 Å². The van der Waals surface area contributed by atoms with Crippen LogP contribution in [0.4, 0.5) is 11.4 Å². The fourth-order valence-electron chi connectivity index (χ4n) is 3.52. The van der Waals surface area contributed by atoms with Crippen molar-refractivity contribution in [2.45, 2.75) is 0 Å². The lowest BCUT2D eigenvalue weighted by molar-refractivity contribution is 0.457. The number of nitrogens with zero attached hydrogens (tertiary/aromatic N) is 3. The van der Waals surface area contributed by atoms with Crippen molar-refractivity contribution >= 4 is 38.0 Å². The number of aromatic hydroxyl groups is 1. The van der Waals surface area contributed by atoms with E-state index < -0.39 is 10.0 Å². The minimum Gasteiger partial charge on any atom is -0.494 e. The lowest BCUT2D eigenvalue weighted by atomic mass is 10.0. The molecule has 3 aromatic carbocycles. The molecule has 0 saturated heterocycles. The van der Waals surface area contributed by atoms with Gasteiger partial charge in [0.05, 0.1) is 35.0 Å². The molecular weight excluding hydrogens is 424 g/mol. The minimum atomic E-state index is -3.59. The van der Waals surface area contributed by atoms with Gasteiger partial charge in [-0.05, 0) is 30.3 Å². The number of nitrogens with one attached hydrogen (secondary N) is 1. The number of para-hydroxylation sites is 1. The lowest BCUT2D eigenvalue weighted by Gasteiger charge is -2.19. The van der Waals surface area contributed by atoms with E-state index in [1.807, 2.05) is 60.7 Å². The predicted molar refractivity (Wildman–Crippen MR) is 126 cm³/mol. The second-order valence-corrected chi connectivity index (χ2v) is 9.07. The lowest BCUT2D eigenvalue weighted by Crippen LogP contribution is -2.30. The third-order valence-electron chi connectivity index (χ3n) is 4.96. The highest BCUT2D eigenvalue weighted by Gasteiger charge is 2.19. The molecule has 0 atom stereocenters. The zero-order valence-corrected chi connectivity index (χ0v) is 18.0. The number of fused-ring (bicyclic) bond motifs is 1. The van der Waals surface area contributed by atoms with E-state index in [4.69, 9.17) is 10.3 Å². The van der Waals surface area contributed by atoms with E-state index in [1.165, 1.54) is 0 Å². The van der Waals surface area contributed by atoms with Gasteiger partial charge in [-0.1, -0.05) is 48.5 Å². The second kappa shape index (κ2) is 8.57. The fourth-order valence-corrected chi connectivity index (χ4v) is 4.31. The van der Waals surface area contributed by atoms with Crippen LogP contribution < -0.4 is 4.31 Å². The average molecular weight is 445 g/mol. The maximum Gasteiger partial charge on any atom is 0.233 e. The summed E-state index contributed by atoms with van der Waals surface area (Å²) in [6.07, 6.45) is 1.06. The number of hydrogen-bond acceptors (Lipinski definition) is 5. The normalized spacial score (nSPS) is 11.9. The fraction of sp³-hybridized carbons (Fsp3) is 0.0833. The van der Waals surface area contributed by atoms with Gasteiger partial charge >= 0.3 is 0 Å². The van der Waals surface area contributed by atoms with Crippen LogP contribution in [0.3, 0.4) is 0 Å². The zero-order chi connectivity index (χ0) is 22.7. The Hall–Kier alpha value is -4.09. The highest BCUT2D eigenvalue weighted by Crippen LogP contribution is 2.32. The molecule has 0 unspecified atom stereocenters. The second-order valence-electron chi connectivity index (χ2n) is 7.16. The number of hydrogen-bond donors (Lipinski definition) is 2. The molecule has 8 heteroatoms. The summed E-state index contributed by atoms with van der Waals surface area (Å²) in [5.41, 5.74) is 3.72. The summed E-state index contributed by atoms with van der Waals surface area (Å²) >= 11 is 0. The molecule has 4 rings (SSSR count). The summed E-state index contributed by atoms with van der Waals surface area (Å²) in [4.78, 5) is 7.78. The molecule has 4 aromatic rings. The zero-order valence-electron chi connectivity index (χ0n) is 17.2. The Morgan fingerprint density at radius 1 is 1.03 bits per heavy atom. The number of nitriles is 1. The van der Waals surface area contributed by atoms with Gasteiger partial charge in [-0.2, -0.15) is 5.26 Å². The van der Waals surface area contributed by atoms with Crippen LogP contribution in [0.25, 0.3) is 10.9 Å². The summed E-state index contributed by atoms with van der Waals surface area (Å²) in [6, 6.07) is 25.5. The summed E-state index contributed by atoms with van der Waals surface area (Å²) in [6.45, 7) is -0.278. The predicted octanol–water partition coefficient (Wildman–Crippen LogP) is 4.33. The molecule has 160 valence electrons. The van der Waals surface area contributed by atoms with Crippen LogP contribution >= 0.6 is 0 Å². The van der Waals surface area contributed by atoms with Gasteiger partial charge in [0.15, 0.2) is 5.88 Å². The largest absolute Gasteiger partial charge is 0.494 e. The monoisotopic (exact) mass is 444 g/mol. The first-order chi connectivity index (χ1) is 15.4. The number of aromatic nitrogens is 1. The smallest absolute Gasteiger partial charge is 0.233 e. The first kappa shape index (κ1) is 21.2. The van der Waals surface area contributed by atoms with Crippen molar-refractivity contribution in [3.05, 3.63) is 90.0 Å². The van der Waals surface area contributed by atoms with Gasteiger partial charge in [-0.3, -0.25) is 4.31 Å². The van der Waals surface area contributed by atoms with Crippen LogP contribution in [0.15, 0.2) is 83.9 Å².